The Kier molecular flexibility index (Phi) is 5.78. The maximum absolute atomic E-state index is 12.2. The summed E-state index contributed by atoms with van der Waals surface area (Å²) < 4.78 is 8.17. The number of carbonyl (C=O) groups excluding carboxylic acids is 1. The fraction of sp³-hybridized carbons (Fsp3) is 0.308. The average Bonchev–Trinajstić information content (AvgIpc) is 2.88. The van der Waals surface area contributed by atoms with Crippen molar-refractivity contribution in [2.75, 3.05) is 19.5 Å². The van der Waals surface area contributed by atoms with Gasteiger partial charge >= 0.3 is 0 Å². The average molecular weight is 342 g/mol. The summed E-state index contributed by atoms with van der Waals surface area (Å²) in [7, 11) is 3.31. The number of hydrogen-bond acceptors (Lipinski definition) is 6. The van der Waals surface area contributed by atoms with Crippen LogP contribution in [0.2, 0.25) is 5.15 Å². The molecule has 2 aromatic rings. The summed E-state index contributed by atoms with van der Waals surface area (Å²) in [5.74, 6) is -0.209. The number of carbonyl (C=O) groups is 1. The van der Waals surface area contributed by atoms with Crippen molar-refractivity contribution in [3.05, 3.63) is 35.9 Å². The molecule has 118 valence electrons. The monoisotopic (exact) mass is 341 g/mol. The lowest BCUT2D eigenvalue weighted by Crippen LogP contribution is -2.35. The molecule has 0 aromatic carbocycles. The summed E-state index contributed by atoms with van der Waals surface area (Å²) in [5, 5.41) is 7.13. The Morgan fingerprint density at radius 3 is 3.00 bits per heavy atom. The predicted molar refractivity (Wildman–Crippen MR) is 86.8 cm³/mol. The first-order valence-corrected chi connectivity index (χ1v) is 7.50. The molecule has 0 aliphatic carbocycles. The molecule has 1 atom stereocenters. The molecule has 0 fully saturated rings. The normalized spacial score (nSPS) is 12.4. The first-order valence-electron chi connectivity index (χ1n) is 6.43. The van der Waals surface area contributed by atoms with Crippen molar-refractivity contribution in [2.45, 2.75) is 13.0 Å². The minimum absolute atomic E-state index is 0.209. The van der Waals surface area contributed by atoms with E-state index in [4.69, 9.17) is 15.8 Å². The van der Waals surface area contributed by atoms with Crippen molar-refractivity contribution < 1.29 is 8.98 Å². The Labute approximate surface area is 137 Å². The molecule has 1 N–H and O–H groups in total. The summed E-state index contributed by atoms with van der Waals surface area (Å²) in [4.78, 5) is 16.2. The van der Waals surface area contributed by atoms with Crippen LogP contribution in [0.1, 0.15) is 6.92 Å². The van der Waals surface area contributed by atoms with Gasteiger partial charge in [0.2, 0.25) is 5.91 Å². The molecular weight excluding hydrogens is 326 g/mol. The van der Waals surface area contributed by atoms with Crippen LogP contribution in [0.5, 0.6) is 0 Å². The number of pyridine rings is 1. The number of halogens is 1. The van der Waals surface area contributed by atoms with Gasteiger partial charge in [0.25, 0.3) is 0 Å². The zero-order valence-corrected chi connectivity index (χ0v) is 13.9. The summed E-state index contributed by atoms with van der Waals surface area (Å²) in [6, 6.07) is 3.23. The zero-order chi connectivity index (χ0) is 16.1. The van der Waals surface area contributed by atoms with Crippen LogP contribution in [0.4, 0.5) is 5.69 Å². The number of likely N-dealkylation sites (N-methyl/N-ethyl adjacent to an activating group) is 1. The largest absolute Gasteiger partial charge is 0.321 e. The third-order valence-electron chi connectivity index (χ3n) is 2.95. The third-order valence-corrected chi connectivity index (χ3v) is 3.93. The van der Waals surface area contributed by atoms with Crippen LogP contribution in [0.3, 0.4) is 0 Å². The van der Waals surface area contributed by atoms with Crippen LogP contribution < -0.4 is 5.32 Å². The number of rotatable bonds is 6. The van der Waals surface area contributed by atoms with E-state index in [2.05, 4.69) is 15.4 Å². The molecular formula is C13H16ClN5O2S. The molecule has 1 amide bonds. The van der Waals surface area contributed by atoms with Gasteiger partial charge in [-0.25, -0.2) is 8.99 Å². The molecule has 0 aliphatic heterocycles. The van der Waals surface area contributed by atoms with Crippen LogP contribution in [-0.2, 0) is 8.98 Å². The number of aromatic nitrogens is 3. The molecule has 1 unspecified atom stereocenters. The summed E-state index contributed by atoms with van der Waals surface area (Å²) in [5.41, 5.74) is 1.20. The SMILES string of the molecule is COSN(C)C(C)C(=O)Nc1cn(-c2cccnc2)nc1Cl. The second-order valence-corrected chi connectivity index (χ2v) is 5.86. The highest BCUT2D eigenvalue weighted by Crippen LogP contribution is 2.22. The van der Waals surface area contributed by atoms with Crippen LogP contribution in [0.15, 0.2) is 30.7 Å². The van der Waals surface area contributed by atoms with E-state index in [1.807, 2.05) is 6.07 Å². The van der Waals surface area contributed by atoms with Gasteiger partial charge in [0.1, 0.15) is 0 Å². The molecule has 2 aromatic heterocycles. The van der Waals surface area contributed by atoms with E-state index in [1.165, 1.54) is 0 Å². The molecule has 22 heavy (non-hydrogen) atoms. The highest BCUT2D eigenvalue weighted by molar-refractivity contribution is 7.92. The van der Waals surface area contributed by atoms with Gasteiger partial charge in [-0.05, 0) is 19.1 Å². The van der Waals surface area contributed by atoms with Crippen molar-refractivity contribution in [3.8, 4) is 5.69 Å². The van der Waals surface area contributed by atoms with Crippen molar-refractivity contribution >= 4 is 35.4 Å². The van der Waals surface area contributed by atoms with Crippen molar-refractivity contribution in [1.82, 2.24) is 19.1 Å². The van der Waals surface area contributed by atoms with E-state index in [0.29, 0.717) is 5.69 Å². The van der Waals surface area contributed by atoms with Gasteiger partial charge in [0, 0.05) is 13.2 Å². The second kappa shape index (κ2) is 7.59. The Hall–Kier alpha value is -1.61. The van der Waals surface area contributed by atoms with E-state index in [0.717, 1.165) is 17.9 Å². The Morgan fingerprint density at radius 1 is 1.59 bits per heavy atom. The fourth-order valence-electron chi connectivity index (χ4n) is 1.64. The minimum Gasteiger partial charge on any atom is -0.321 e. The third kappa shape index (κ3) is 3.98. The lowest BCUT2D eigenvalue weighted by molar-refractivity contribution is -0.118. The molecule has 7 nitrogen and oxygen atoms in total. The van der Waals surface area contributed by atoms with Crippen LogP contribution in [0.25, 0.3) is 5.69 Å². The smallest absolute Gasteiger partial charge is 0.242 e. The van der Waals surface area contributed by atoms with Crippen LogP contribution in [-0.4, -0.2) is 45.2 Å². The molecule has 9 heteroatoms. The molecule has 0 bridgehead atoms. The van der Waals surface area contributed by atoms with Gasteiger partial charge in [-0.15, -0.1) is 0 Å². The van der Waals surface area contributed by atoms with Gasteiger partial charge in [-0.2, -0.15) is 5.10 Å². The minimum atomic E-state index is -0.400. The van der Waals surface area contributed by atoms with Crippen molar-refractivity contribution in [2.24, 2.45) is 0 Å². The Bertz CT molecular complexity index is 637. The summed E-state index contributed by atoms with van der Waals surface area (Å²) in [6.07, 6.45) is 4.97. The van der Waals surface area contributed by atoms with Gasteiger partial charge in [0.15, 0.2) is 5.15 Å². The molecule has 0 spiro atoms. The van der Waals surface area contributed by atoms with Crippen molar-refractivity contribution in [3.63, 3.8) is 0 Å². The van der Waals surface area contributed by atoms with Crippen molar-refractivity contribution in [1.29, 1.82) is 0 Å². The zero-order valence-electron chi connectivity index (χ0n) is 12.4. The lowest BCUT2D eigenvalue weighted by atomic mass is 10.3. The second-order valence-electron chi connectivity index (χ2n) is 4.44. The lowest BCUT2D eigenvalue weighted by Gasteiger charge is -2.20. The van der Waals surface area contributed by atoms with E-state index < -0.39 is 6.04 Å². The maximum Gasteiger partial charge on any atom is 0.242 e. The van der Waals surface area contributed by atoms with E-state index in [1.54, 1.807) is 54.7 Å². The van der Waals surface area contributed by atoms with Crippen LogP contribution >= 0.6 is 23.8 Å². The molecule has 2 rings (SSSR count). The van der Waals surface area contributed by atoms with Gasteiger partial charge < -0.3 is 9.50 Å². The Balaban J connectivity index is 2.11. The summed E-state index contributed by atoms with van der Waals surface area (Å²) >= 11 is 7.17. The molecule has 0 saturated carbocycles. The van der Waals surface area contributed by atoms with Gasteiger partial charge in [-0.1, -0.05) is 11.6 Å². The predicted octanol–water partition coefficient (Wildman–Crippen LogP) is 2.39. The standard InChI is InChI=1S/C13H16ClN5O2S/c1-9(18(2)22-21-3)13(20)16-11-8-19(17-12(11)14)10-5-4-6-15-7-10/h4-9H,1-3H3,(H,16,20). The quantitative estimate of drug-likeness (QED) is 0.642. The van der Waals surface area contributed by atoms with E-state index >= 15 is 0 Å². The highest BCUT2D eigenvalue weighted by atomic mass is 35.5. The molecule has 0 radical (unpaired) electrons. The molecule has 0 saturated heterocycles. The molecule has 0 aliphatic rings. The van der Waals surface area contributed by atoms with E-state index in [9.17, 15) is 4.79 Å². The molecule has 2 heterocycles. The first-order chi connectivity index (χ1) is 10.5. The highest BCUT2D eigenvalue weighted by Gasteiger charge is 2.21. The maximum atomic E-state index is 12.2. The number of nitrogens with one attached hydrogen (secondary N) is 1. The van der Waals surface area contributed by atoms with Crippen LogP contribution in [0, 0.1) is 0 Å². The number of nitrogens with zero attached hydrogens (tertiary/aromatic N) is 4. The number of amides is 1. The van der Waals surface area contributed by atoms with Gasteiger partial charge in [0.05, 0.1) is 49.1 Å². The summed E-state index contributed by atoms with van der Waals surface area (Å²) in [6.45, 7) is 1.76. The number of hydrogen-bond donors (Lipinski definition) is 1. The fourth-order valence-corrected chi connectivity index (χ4v) is 2.28. The topological polar surface area (TPSA) is 72.3 Å². The van der Waals surface area contributed by atoms with Gasteiger partial charge in [-0.3, -0.25) is 9.78 Å². The number of anilines is 1. The van der Waals surface area contributed by atoms with E-state index in [-0.39, 0.29) is 11.1 Å². The Morgan fingerprint density at radius 2 is 2.36 bits per heavy atom. The first kappa shape index (κ1) is 16.8.